The van der Waals surface area contributed by atoms with Crippen LogP contribution in [0, 0.1) is 6.92 Å². The first kappa shape index (κ1) is 13.8. The third kappa shape index (κ3) is 3.24. The molecule has 0 bridgehead atoms. The van der Waals surface area contributed by atoms with Gasteiger partial charge in [-0.25, -0.2) is 4.98 Å². The van der Waals surface area contributed by atoms with Gasteiger partial charge in [0.1, 0.15) is 5.82 Å². The van der Waals surface area contributed by atoms with Crippen LogP contribution in [0.1, 0.15) is 36.8 Å². The van der Waals surface area contributed by atoms with Gasteiger partial charge in [0.05, 0.1) is 6.04 Å². The van der Waals surface area contributed by atoms with E-state index in [0.29, 0.717) is 6.04 Å². The molecule has 3 heteroatoms. The van der Waals surface area contributed by atoms with Gasteiger partial charge in [0.15, 0.2) is 0 Å². The number of aromatic nitrogens is 2. The maximum absolute atomic E-state index is 4.40. The average Bonchev–Trinajstić information content (AvgIpc) is 2.86. The molecular weight excluding hydrogens is 234 g/mol. The van der Waals surface area contributed by atoms with Gasteiger partial charge in [-0.2, -0.15) is 0 Å². The highest BCUT2D eigenvalue weighted by molar-refractivity contribution is 5.28. The predicted octanol–water partition coefficient (Wildman–Crippen LogP) is 3.10. The van der Waals surface area contributed by atoms with E-state index in [-0.39, 0.29) is 0 Å². The van der Waals surface area contributed by atoms with Crippen LogP contribution < -0.4 is 5.32 Å². The standard InChI is InChI=1S/C16H23N3/c1-4-16-18-10-11-19(16)12-15(17-5-2)14-9-7-6-8-13(14)3/h6-11,15,17H,4-5,12H2,1-3H3. The Hall–Kier alpha value is -1.61. The first-order valence-electron chi connectivity index (χ1n) is 7.05. The quantitative estimate of drug-likeness (QED) is 0.861. The van der Waals surface area contributed by atoms with Crippen molar-refractivity contribution in [2.75, 3.05) is 6.54 Å². The van der Waals surface area contributed by atoms with Crippen molar-refractivity contribution in [3.05, 3.63) is 53.6 Å². The van der Waals surface area contributed by atoms with Crippen molar-refractivity contribution in [2.24, 2.45) is 0 Å². The lowest BCUT2D eigenvalue weighted by atomic mass is 10.0. The summed E-state index contributed by atoms with van der Waals surface area (Å²) in [7, 11) is 0. The van der Waals surface area contributed by atoms with Gasteiger partial charge in [-0.05, 0) is 24.6 Å². The van der Waals surface area contributed by atoms with Crippen LogP contribution in [0.2, 0.25) is 0 Å². The van der Waals surface area contributed by atoms with Crippen LogP contribution in [0.4, 0.5) is 0 Å². The molecule has 1 atom stereocenters. The molecule has 3 nitrogen and oxygen atoms in total. The molecule has 0 aliphatic carbocycles. The number of benzene rings is 1. The summed E-state index contributed by atoms with van der Waals surface area (Å²) in [6, 6.07) is 8.93. The first-order valence-corrected chi connectivity index (χ1v) is 7.05. The van der Waals surface area contributed by atoms with E-state index in [1.807, 2.05) is 6.20 Å². The molecule has 1 aromatic carbocycles. The van der Waals surface area contributed by atoms with E-state index < -0.39 is 0 Å². The van der Waals surface area contributed by atoms with Gasteiger partial charge in [0, 0.05) is 25.4 Å². The number of hydrogen-bond donors (Lipinski definition) is 1. The Kier molecular flexibility index (Phi) is 4.74. The minimum absolute atomic E-state index is 0.339. The summed E-state index contributed by atoms with van der Waals surface area (Å²) < 4.78 is 2.25. The third-order valence-electron chi connectivity index (χ3n) is 3.51. The average molecular weight is 257 g/mol. The van der Waals surface area contributed by atoms with E-state index in [0.717, 1.165) is 25.3 Å². The molecule has 0 aliphatic heterocycles. The van der Waals surface area contributed by atoms with E-state index in [2.05, 4.69) is 66.1 Å². The molecular formula is C16H23N3. The Morgan fingerprint density at radius 3 is 2.74 bits per heavy atom. The third-order valence-corrected chi connectivity index (χ3v) is 3.51. The minimum Gasteiger partial charge on any atom is -0.333 e. The lowest BCUT2D eigenvalue weighted by Gasteiger charge is -2.21. The number of nitrogens with zero attached hydrogens (tertiary/aromatic N) is 2. The van der Waals surface area contributed by atoms with Gasteiger partial charge in [0.2, 0.25) is 0 Å². The van der Waals surface area contributed by atoms with E-state index in [1.54, 1.807) is 0 Å². The van der Waals surface area contributed by atoms with Crippen LogP contribution in [0.5, 0.6) is 0 Å². The summed E-state index contributed by atoms with van der Waals surface area (Å²) in [6.45, 7) is 8.38. The van der Waals surface area contributed by atoms with Crippen molar-refractivity contribution in [2.45, 2.75) is 39.8 Å². The number of likely N-dealkylation sites (N-methyl/N-ethyl adjacent to an activating group) is 1. The lowest BCUT2D eigenvalue weighted by Crippen LogP contribution is -2.26. The van der Waals surface area contributed by atoms with E-state index in [1.165, 1.54) is 11.1 Å². The molecule has 0 saturated heterocycles. The molecule has 102 valence electrons. The van der Waals surface area contributed by atoms with Crippen molar-refractivity contribution in [1.82, 2.24) is 14.9 Å². The number of nitrogens with one attached hydrogen (secondary N) is 1. The van der Waals surface area contributed by atoms with Gasteiger partial charge in [-0.3, -0.25) is 0 Å². The summed E-state index contributed by atoms with van der Waals surface area (Å²) in [6.07, 6.45) is 4.93. The topological polar surface area (TPSA) is 29.9 Å². The summed E-state index contributed by atoms with van der Waals surface area (Å²) >= 11 is 0. The molecule has 2 aromatic rings. The van der Waals surface area contributed by atoms with Crippen molar-refractivity contribution in [3.8, 4) is 0 Å². The largest absolute Gasteiger partial charge is 0.333 e. The Bertz CT molecular complexity index is 516. The van der Waals surface area contributed by atoms with Gasteiger partial charge >= 0.3 is 0 Å². The highest BCUT2D eigenvalue weighted by Crippen LogP contribution is 2.20. The van der Waals surface area contributed by atoms with Crippen LogP contribution in [-0.4, -0.2) is 16.1 Å². The maximum Gasteiger partial charge on any atom is 0.108 e. The summed E-state index contributed by atoms with van der Waals surface area (Å²) in [5, 5.41) is 3.58. The molecule has 1 heterocycles. The molecule has 0 radical (unpaired) electrons. The van der Waals surface area contributed by atoms with Crippen molar-refractivity contribution in [3.63, 3.8) is 0 Å². The molecule has 19 heavy (non-hydrogen) atoms. The number of hydrogen-bond acceptors (Lipinski definition) is 2. The van der Waals surface area contributed by atoms with Gasteiger partial charge in [-0.1, -0.05) is 38.1 Å². The zero-order chi connectivity index (χ0) is 13.7. The zero-order valence-corrected chi connectivity index (χ0v) is 12.1. The SMILES string of the molecule is CCNC(Cn1ccnc1CC)c1ccccc1C. The molecule has 0 spiro atoms. The van der Waals surface area contributed by atoms with E-state index in [9.17, 15) is 0 Å². The number of rotatable bonds is 6. The summed E-state index contributed by atoms with van der Waals surface area (Å²) in [4.78, 5) is 4.40. The molecule has 0 saturated carbocycles. The normalized spacial score (nSPS) is 12.6. The predicted molar refractivity (Wildman–Crippen MR) is 79.2 cm³/mol. The lowest BCUT2D eigenvalue weighted by molar-refractivity contribution is 0.464. The Morgan fingerprint density at radius 1 is 1.26 bits per heavy atom. The maximum atomic E-state index is 4.40. The van der Waals surface area contributed by atoms with Crippen LogP contribution in [0.3, 0.4) is 0 Å². The van der Waals surface area contributed by atoms with Crippen LogP contribution in [-0.2, 0) is 13.0 Å². The molecule has 1 unspecified atom stereocenters. The van der Waals surface area contributed by atoms with Gasteiger partial charge in [0.25, 0.3) is 0 Å². The molecule has 0 fully saturated rings. The summed E-state index contributed by atoms with van der Waals surface area (Å²) in [5.74, 6) is 1.15. The fourth-order valence-corrected chi connectivity index (χ4v) is 2.51. The Balaban J connectivity index is 2.24. The minimum atomic E-state index is 0.339. The molecule has 0 aliphatic rings. The zero-order valence-electron chi connectivity index (χ0n) is 12.1. The van der Waals surface area contributed by atoms with E-state index >= 15 is 0 Å². The highest BCUT2D eigenvalue weighted by atomic mass is 15.1. The van der Waals surface area contributed by atoms with Gasteiger partial charge < -0.3 is 9.88 Å². The van der Waals surface area contributed by atoms with Crippen molar-refractivity contribution < 1.29 is 0 Å². The van der Waals surface area contributed by atoms with E-state index in [4.69, 9.17) is 0 Å². The second-order valence-corrected chi connectivity index (χ2v) is 4.82. The van der Waals surface area contributed by atoms with Crippen molar-refractivity contribution >= 4 is 0 Å². The van der Waals surface area contributed by atoms with Gasteiger partial charge in [-0.15, -0.1) is 0 Å². The molecule has 0 amide bonds. The van der Waals surface area contributed by atoms with Crippen LogP contribution >= 0.6 is 0 Å². The number of imidazole rings is 1. The first-order chi connectivity index (χ1) is 9.26. The second-order valence-electron chi connectivity index (χ2n) is 4.82. The smallest absolute Gasteiger partial charge is 0.108 e. The fourth-order valence-electron chi connectivity index (χ4n) is 2.51. The van der Waals surface area contributed by atoms with Crippen molar-refractivity contribution in [1.29, 1.82) is 0 Å². The monoisotopic (exact) mass is 257 g/mol. The highest BCUT2D eigenvalue weighted by Gasteiger charge is 2.14. The Morgan fingerprint density at radius 2 is 2.05 bits per heavy atom. The molecule has 2 rings (SSSR count). The molecule has 1 N–H and O–H groups in total. The fraction of sp³-hybridized carbons (Fsp3) is 0.438. The number of aryl methyl sites for hydroxylation is 2. The van der Waals surface area contributed by atoms with Crippen LogP contribution in [0.25, 0.3) is 0 Å². The molecule has 1 aromatic heterocycles. The summed E-state index contributed by atoms with van der Waals surface area (Å²) in [5.41, 5.74) is 2.71. The van der Waals surface area contributed by atoms with Crippen LogP contribution in [0.15, 0.2) is 36.7 Å². The Labute approximate surface area is 115 Å². The second kappa shape index (κ2) is 6.53.